The fourth-order valence-electron chi connectivity index (χ4n) is 2.40. The molecule has 114 valence electrons. The smallest absolute Gasteiger partial charge is 0.00169 e. The molecule has 0 aliphatic carbocycles. The summed E-state index contributed by atoms with van der Waals surface area (Å²) in [5, 5.41) is 3.64. The number of rotatable bonds is 10. The quantitative estimate of drug-likeness (QED) is 0.636. The lowest BCUT2D eigenvalue weighted by molar-refractivity contribution is 0.439. The lowest BCUT2D eigenvalue weighted by Gasteiger charge is -2.19. The average Bonchev–Trinajstić information content (AvgIpc) is 2.41. The van der Waals surface area contributed by atoms with Crippen LogP contribution < -0.4 is 5.32 Å². The number of hydrogen-bond donors (Lipinski definition) is 1. The molecule has 1 atom stereocenters. The molecule has 0 fully saturated rings. The van der Waals surface area contributed by atoms with Crippen molar-refractivity contribution in [1.82, 2.24) is 5.32 Å². The minimum Gasteiger partial charge on any atom is -0.316 e. The molecule has 0 saturated carbocycles. The van der Waals surface area contributed by atoms with E-state index < -0.39 is 0 Å². The average molecular weight is 294 g/mol. The van der Waals surface area contributed by atoms with Crippen molar-refractivity contribution in [2.24, 2.45) is 11.8 Å². The van der Waals surface area contributed by atoms with Crippen LogP contribution in [0.3, 0.4) is 0 Å². The van der Waals surface area contributed by atoms with Crippen LogP contribution in [-0.2, 0) is 6.42 Å². The molecule has 1 aromatic rings. The monoisotopic (exact) mass is 293 g/mol. The van der Waals surface area contributed by atoms with E-state index in [0.29, 0.717) is 0 Å². The van der Waals surface area contributed by atoms with Crippen LogP contribution in [0.25, 0.3) is 0 Å². The van der Waals surface area contributed by atoms with Crippen molar-refractivity contribution in [3.05, 3.63) is 35.4 Å². The van der Waals surface area contributed by atoms with Gasteiger partial charge in [0.25, 0.3) is 0 Å². The first-order valence-corrected chi connectivity index (χ1v) is 9.11. The maximum absolute atomic E-state index is 3.64. The van der Waals surface area contributed by atoms with E-state index in [1.165, 1.54) is 35.5 Å². The van der Waals surface area contributed by atoms with E-state index in [9.17, 15) is 0 Å². The second-order valence-electron chi connectivity index (χ2n) is 6.03. The van der Waals surface area contributed by atoms with Gasteiger partial charge in [0, 0.05) is 0 Å². The van der Waals surface area contributed by atoms with Gasteiger partial charge in [-0.3, -0.25) is 0 Å². The fourth-order valence-corrected chi connectivity index (χ4v) is 3.19. The van der Waals surface area contributed by atoms with Crippen LogP contribution in [0.4, 0.5) is 0 Å². The Hall–Kier alpha value is -0.470. The summed E-state index contributed by atoms with van der Waals surface area (Å²) in [5.41, 5.74) is 2.95. The molecule has 20 heavy (non-hydrogen) atoms. The van der Waals surface area contributed by atoms with Crippen molar-refractivity contribution in [2.45, 2.75) is 40.5 Å². The molecule has 0 amide bonds. The molecule has 1 aromatic carbocycles. The summed E-state index contributed by atoms with van der Waals surface area (Å²) in [4.78, 5) is 0. The van der Waals surface area contributed by atoms with Crippen molar-refractivity contribution in [1.29, 1.82) is 0 Å². The van der Waals surface area contributed by atoms with Crippen LogP contribution in [0.1, 0.15) is 38.3 Å². The van der Waals surface area contributed by atoms with Crippen LogP contribution in [0, 0.1) is 18.8 Å². The Morgan fingerprint density at radius 3 is 2.55 bits per heavy atom. The predicted octanol–water partition coefficient (Wildman–Crippen LogP) is 4.54. The van der Waals surface area contributed by atoms with Crippen molar-refractivity contribution in [2.75, 3.05) is 24.6 Å². The molecule has 0 radical (unpaired) electrons. The molecular formula is C18H31NS. The molecule has 1 nitrogen and oxygen atoms in total. The largest absolute Gasteiger partial charge is 0.316 e. The van der Waals surface area contributed by atoms with Crippen molar-refractivity contribution < 1.29 is 0 Å². The topological polar surface area (TPSA) is 12.0 Å². The molecule has 1 rings (SSSR count). The second kappa shape index (κ2) is 10.3. The third kappa shape index (κ3) is 7.35. The van der Waals surface area contributed by atoms with E-state index in [-0.39, 0.29) is 0 Å². The van der Waals surface area contributed by atoms with E-state index in [4.69, 9.17) is 0 Å². The highest BCUT2D eigenvalue weighted by molar-refractivity contribution is 7.99. The van der Waals surface area contributed by atoms with Gasteiger partial charge in [-0.25, -0.2) is 0 Å². The number of hydrogen-bond acceptors (Lipinski definition) is 2. The van der Waals surface area contributed by atoms with E-state index >= 15 is 0 Å². The molecule has 2 heteroatoms. The van der Waals surface area contributed by atoms with E-state index in [0.717, 1.165) is 24.9 Å². The van der Waals surface area contributed by atoms with Gasteiger partial charge in [-0.2, -0.15) is 11.8 Å². The normalized spacial score (nSPS) is 12.8. The summed E-state index contributed by atoms with van der Waals surface area (Å²) in [6.07, 6.45) is 2.53. The maximum atomic E-state index is 3.64. The Morgan fingerprint density at radius 1 is 1.15 bits per heavy atom. The van der Waals surface area contributed by atoms with Gasteiger partial charge >= 0.3 is 0 Å². The van der Waals surface area contributed by atoms with Gasteiger partial charge < -0.3 is 5.32 Å². The Balaban J connectivity index is 2.50. The first-order valence-electron chi connectivity index (χ1n) is 7.96. The maximum Gasteiger partial charge on any atom is -0.00169 e. The molecule has 0 bridgehead atoms. The summed E-state index contributed by atoms with van der Waals surface area (Å²) >= 11 is 2.06. The zero-order chi connectivity index (χ0) is 14.8. The van der Waals surface area contributed by atoms with Gasteiger partial charge in [0.05, 0.1) is 0 Å². The van der Waals surface area contributed by atoms with Gasteiger partial charge in [-0.15, -0.1) is 0 Å². The standard InChI is InChI=1S/C18H31NS/c1-5-20-11-10-17(14-19-13-15(2)3)12-18-9-7-6-8-16(18)4/h6-9,15,17,19H,5,10-14H2,1-4H3. The predicted molar refractivity (Wildman–Crippen MR) is 93.7 cm³/mol. The highest BCUT2D eigenvalue weighted by Gasteiger charge is 2.11. The molecule has 0 aromatic heterocycles. The summed E-state index contributed by atoms with van der Waals surface area (Å²) in [6, 6.07) is 8.83. The lowest BCUT2D eigenvalue weighted by Crippen LogP contribution is -2.28. The van der Waals surface area contributed by atoms with Gasteiger partial charge in [0.2, 0.25) is 0 Å². The third-order valence-electron chi connectivity index (χ3n) is 3.63. The van der Waals surface area contributed by atoms with Crippen LogP contribution in [0.2, 0.25) is 0 Å². The first-order chi connectivity index (χ1) is 9.63. The fraction of sp³-hybridized carbons (Fsp3) is 0.667. The summed E-state index contributed by atoms with van der Waals surface area (Å²) in [7, 11) is 0. The number of benzene rings is 1. The highest BCUT2D eigenvalue weighted by atomic mass is 32.2. The van der Waals surface area contributed by atoms with Gasteiger partial charge in [0.15, 0.2) is 0 Å². The third-order valence-corrected chi connectivity index (χ3v) is 4.56. The van der Waals surface area contributed by atoms with Gasteiger partial charge in [-0.05, 0) is 67.3 Å². The second-order valence-corrected chi connectivity index (χ2v) is 7.43. The Morgan fingerprint density at radius 2 is 1.90 bits per heavy atom. The van der Waals surface area contributed by atoms with E-state index in [2.05, 4.69) is 69.0 Å². The Bertz CT molecular complexity index is 362. The molecule has 0 aliphatic rings. The van der Waals surface area contributed by atoms with Crippen LogP contribution >= 0.6 is 11.8 Å². The molecule has 0 spiro atoms. The number of aryl methyl sites for hydroxylation is 1. The SMILES string of the molecule is CCSCCC(CNCC(C)C)Cc1ccccc1C. The van der Waals surface area contributed by atoms with Crippen LogP contribution in [0.5, 0.6) is 0 Å². The summed E-state index contributed by atoms with van der Waals surface area (Å²) in [5.74, 6) is 4.01. The van der Waals surface area contributed by atoms with Gasteiger partial charge in [-0.1, -0.05) is 45.0 Å². The molecule has 0 saturated heterocycles. The van der Waals surface area contributed by atoms with Crippen LogP contribution in [0.15, 0.2) is 24.3 Å². The first kappa shape index (κ1) is 17.6. The summed E-state index contributed by atoms with van der Waals surface area (Å²) in [6.45, 7) is 11.3. The zero-order valence-electron chi connectivity index (χ0n) is 13.6. The molecule has 0 aliphatic heterocycles. The van der Waals surface area contributed by atoms with Crippen LogP contribution in [-0.4, -0.2) is 24.6 Å². The Labute approximate surface area is 129 Å². The van der Waals surface area contributed by atoms with Crippen molar-refractivity contribution in [3.63, 3.8) is 0 Å². The van der Waals surface area contributed by atoms with Gasteiger partial charge in [0.1, 0.15) is 0 Å². The molecular weight excluding hydrogens is 262 g/mol. The van der Waals surface area contributed by atoms with E-state index in [1.54, 1.807) is 0 Å². The molecule has 1 unspecified atom stereocenters. The number of nitrogens with one attached hydrogen (secondary N) is 1. The minimum atomic E-state index is 0.735. The Kier molecular flexibility index (Phi) is 9.04. The minimum absolute atomic E-state index is 0.735. The van der Waals surface area contributed by atoms with Crippen molar-refractivity contribution >= 4 is 11.8 Å². The zero-order valence-corrected chi connectivity index (χ0v) is 14.4. The number of thioether (sulfide) groups is 1. The molecule has 0 heterocycles. The highest BCUT2D eigenvalue weighted by Crippen LogP contribution is 2.17. The van der Waals surface area contributed by atoms with E-state index in [1.807, 2.05) is 0 Å². The lowest BCUT2D eigenvalue weighted by atomic mass is 9.94. The molecule has 1 N–H and O–H groups in total. The summed E-state index contributed by atoms with van der Waals surface area (Å²) < 4.78 is 0. The van der Waals surface area contributed by atoms with Crippen molar-refractivity contribution in [3.8, 4) is 0 Å².